The van der Waals surface area contributed by atoms with Gasteiger partial charge < -0.3 is 19.9 Å². The van der Waals surface area contributed by atoms with Crippen LogP contribution >= 0.6 is 0 Å². The van der Waals surface area contributed by atoms with Gasteiger partial charge in [-0.15, -0.1) is 0 Å². The number of pyridine rings is 1. The minimum Gasteiger partial charge on any atom is -0.439 e. The van der Waals surface area contributed by atoms with Crippen LogP contribution in [0, 0.1) is 5.41 Å². The number of benzene rings is 1. The monoisotopic (exact) mass is 354 g/mol. The minimum atomic E-state index is -0.369. The number of ether oxygens (including phenoxy) is 2. The standard InChI is InChI=1S/C20H22N2O4/c23-17-13-16(20(17)7-10-25-11-8-20)22-19(24)14-6-9-21-18(12-14)26-15-4-2-1-3-5-15/h1-6,9,12,16-17,23H,7-8,10-11,13H2,(H,22,24)/t16-,17-/m1/s1. The van der Waals surface area contributed by atoms with Crippen molar-refractivity contribution in [2.75, 3.05) is 13.2 Å². The summed E-state index contributed by atoms with van der Waals surface area (Å²) in [6.45, 7) is 1.27. The van der Waals surface area contributed by atoms with Gasteiger partial charge in [0.2, 0.25) is 5.88 Å². The maximum atomic E-state index is 12.7. The van der Waals surface area contributed by atoms with Gasteiger partial charge in [0.05, 0.1) is 6.10 Å². The van der Waals surface area contributed by atoms with Crippen molar-refractivity contribution in [3.8, 4) is 11.6 Å². The summed E-state index contributed by atoms with van der Waals surface area (Å²) in [5.41, 5.74) is 0.249. The number of carbonyl (C=O) groups is 1. The van der Waals surface area contributed by atoms with Crippen molar-refractivity contribution in [3.05, 3.63) is 54.2 Å². The molecule has 2 heterocycles. The number of hydrogen-bond acceptors (Lipinski definition) is 5. The van der Waals surface area contributed by atoms with Crippen LogP contribution in [0.3, 0.4) is 0 Å². The van der Waals surface area contributed by atoms with Gasteiger partial charge in [0.15, 0.2) is 0 Å². The molecule has 2 aromatic rings. The summed E-state index contributed by atoms with van der Waals surface area (Å²) in [5, 5.41) is 13.3. The Bertz CT molecular complexity index is 774. The molecule has 1 aromatic carbocycles. The molecule has 1 aliphatic heterocycles. The van der Waals surface area contributed by atoms with Gasteiger partial charge in [-0.3, -0.25) is 4.79 Å². The number of rotatable bonds is 4. The summed E-state index contributed by atoms with van der Waals surface area (Å²) in [7, 11) is 0. The van der Waals surface area contributed by atoms with Gasteiger partial charge >= 0.3 is 0 Å². The van der Waals surface area contributed by atoms with Crippen LogP contribution in [0.1, 0.15) is 29.6 Å². The third-order valence-corrected chi connectivity index (χ3v) is 5.51. The predicted octanol–water partition coefficient (Wildman–Crippen LogP) is 2.53. The van der Waals surface area contributed by atoms with Crippen LogP contribution in [-0.2, 0) is 4.74 Å². The number of aliphatic hydroxyl groups excluding tert-OH is 1. The second-order valence-electron chi connectivity index (χ2n) is 6.92. The summed E-state index contributed by atoms with van der Waals surface area (Å²) < 4.78 is 11.1. The molecule has 1 saturated heterocycles. The zero-order valence-electron chi connectivity index (χ0n) is 14.4. The maximum absolute atomic E-state index is 12.7. The van der Waals surface area contributed by atoms with Crippen molar-refractivity contribution in [1.29, 1.82) is 0 Å². The molecule has 2 fully saturated rings. The highest BCUT2D eigenvalue weighted by molar-refractivity contribution is 5.94. The number of nitrogens with one attached hydrogen (secondary N) is 1. The van der Waals surface area contributed by atoms with E-state index in [9.17, 15) is 9.90 Å². The quantitative estimate of drug-likeness (QED) is 0.882. The number of carbonyl (C=O) groups excluding carboxylic acids is 1. The van der Waals surface area contributed by atoms with Crippen LogP contribution in [-0.4, -0.2) is 41.4 Å². The first-order valence-electron chi connectivity index (χ1n) is 8.93. The van der Waals surface area contributed by atoms with Crippen LogP contribution in [0.25, 0.3) is 0 Å². The van der Waals surface area contributed by atoms with E-state index in [1.807, 2.05) is 30.3 Å². The molecule has 6 heteroatoms. The smallest absolute Gasteiger partial charge is 0.251 e. The Labute approximate surface area is 152 Å². The van der Waals surface area contributed by atoms with Gasteiger partial charge in [-0.05, 0) is 37.5 Å². The van der Waals surface area contributed by atoms with E-state index in [4.69, 9.17) is 9.47 Å². The third kappa shape index (κ3) is 3.18. The molecule has 2 aliphatic rings. The molecule has 2 N–H and O–H groups in total. The van der Waals surface area contributed by atoms with E-state index in [1.54, 1.807) is 18.3 Å². The average Bonchev–Trinajstić information content (AvgIpc) is 2.69. The van der Waals surface area contributed by atoms with Crippen molar-refractivity contribution in [2.45, 2.75) is 31.4 Å². The Morgan fingerprint density at radius 2 is 2.00 bits per heavy atom. The lowest BCUT2D eigenvalue weighted by molar-refractivity contribution is -0.145. The van der Waals surface area contributed by atoms with Crippen LogP contribution in [0.15, 0.2) is 48.7 Å². The molecule has 1 amide bonds. The zero-order valence-corrected chi connectivity index (χ0v) is 14.4. The Kier molecular flexibility index (Phi) is 4.61. The average molecular weight is 354 g/mol. The highest BCUT2D eigenvalue weighted by atomic mass is 16.5. The largest absolute Gasteiger partial charge is 0.439 e. The number of aliphatic hydroxyl groups is 1. The molecule has 136 valence electrons. The van der Waals surface area contributed by atoms with Crippen molar-refractivity contribution in [1.82, 2.24) is 10.3 Å². The number of para-hydroxylation sites is 1. The van der Waals surface area contributed by atoms with Crippen LogP contribution in [0.4, 0.5) is 0 Å². The highest BCUT2D eigenvalue weighted by Crippen LogP contribution is 2.49. The van der Waals surface area contributed by atoms with Gasteiger partial charge in [0.25, 0.3) is 5.91 Å². The number of amides is 1. The van der Waals surface area contributed by atoms with E-state index in [0.717, 1.165) is 12.8 Å². The van der Waals surface area contributed by atoms with Crippen LogP contribution in [0.5, 0.6) is 11.6 Å². The Balaban J connectivity index is 1.44. The van der Waals surface area contributed by atoms with Crippen LogP contribution in [0.2, 0.25) is 0 Å². The molecular formula is C20H22N2O4. The molecular weight excluding hydrogens is 332 g/mol. The Morgan fingerprint density at radius 1 is 1.23 bits per heavy atom. The van der Waals surface area contributed by atoms with E-state index >= 15 is 0 Å². The summed E-state index contributed by atoms with van der Waals surface area (Å²) in [6.07, 6.45) is 3.33. The SMILES string of the molecule is O=C(N[C@@H]1C[C@@H](O)C12CCOCC2)c1ccnc(Oc2ccccc2)c1. The molecule has 1 aliphatic carbocycles. The fraction of sp³-hybridized carbons (Fsp3) is 0.400. The van der Waals surface area contributed by atoms with Gasteiger partial charge in [0.1, 0.15) is 5.75 Å². The molecule has 1 aromatic heterocycles. The summed E-state index contributed by atoms with van der Waals surface area (Å²) in [4.78, 5) is 16.8. The van der Waals surface area contributed by atoms with E-state index in [-0.39, 0.29) is 23.5 Å². The van der Waals surface area contributed by atoms with Gasteiger partial charge in [0, 0.05) is 42.5 Å². The first-order chi connectivity index (χ1) is 12.7. The molecule has 0 unspecified atom stereocenters. The van der Waals surface area contributed by atoms with Gasteiger partial charge in [-0.1, -0.05) is 18.2 Å². The molecule has 0 radical (unpaired) electrons. The molecule has 4 rings (SSSR count). The summed E-state index contributed by atoms with van der Waals surface area (Å²) in [5.74, 6) is 0.868. The molecule has 26 heavy (non-hydrogen) atoms. The lowest BCUT2D eigenvalue weighted by Gasteiger charge is -2.55. The number of aromatic nitrogens is 1. The summed E-state index contributed by atoms with van der Waals surface area (Å²) >= 11 is 0. The highest BCUT2D eigenvalue weighted by Gasteiger charge is 2.55. The fourth-order valence-corrected chi connectivity index (χ4v) is 3.86. The lowest BCUT2D eigenvalue weighted by Crippen LogP contribution is -2.65. The third-order valence-electron chi connectivity index (χ3n) is 5.51. The molecule has 1 saturated carbocycles. The first kappa shape index (κ1) is 17.0. The van der Waals surface area contributed by atoms with E-state index < -0.39 is 0 Å². The second-order valence-corrected chi connectivity index (χ2v) is 6.92. The van der Waals surface area contributed by atoms with Crippen molar-refractivity contribution >= 4 is 5.91 Å². The topological polar surface area (TPSA) is 80.7 Å². The van der Waals surface area contributed by atoms with Crippen molar-refractivity contribution in [3.63, 3.8) is 0 Å². The molecule has 6 nitrogen and oxygen atoms in total. The fourth-order valence-electron chi connectivity index (χ4n) is 3.86. The van der Waals surface area contributed by atoms with E-state index in [0.29, 0.717) is 36.8 Å². The minimum absolute atomic E-state index is 0.0273. The Hall–Kier alpha value is -2.44. The second kappa shape index (κ2) is 7.05. The van der Waals surface area contributed by atoms with Crippen LogP contribution < -0.4 is 10.1 Å². The normalized spacial score (nSPS) is 23.9. The van der Waals surface area contributed by atoms with Crippen molar-refractivity contribution < 1.29 is 19.4 Å². The maximum Gasteiger partial charge on any atom is 0.251 e. The number of hydrogen-bond donors (Lipinski definition) is 2. The van der Waals surface area contributed by atoms with Gasteiger partial charge in [-0.2, -0.15) is 0 Å². The number of nitrogens with zero attached hydrogens (tertiary/aromatic N) is 1. The van der Waals surface area contributed by atoms with E-state index in [1.165, 1.54) is 0 Å². The molecule has 2 atom stereocenters. The first-order valence-corrected chi connectivity index (χ1v) is 8.93. The van der Waals surface area contributed by atoms with E-state index in [2.05, 4.69) is 10.3 Å². The Morgan fingerprint density at radius 3 is 2.73 bits per heavy atom. The van der Waals surface area contributed by atoms with Crippen molar-refractivity contribution in [2.24, 2.45) is 5.41 Å². The molecule has 1 spiro atoms. The zero-order chi connectivity index (χ0) is 18.0. The molecule has 0 bridgehead atoms. The lowest BCUT2D eigenvalue weighted by atomic mass is 9.58. The predicted molar refractivity (Wildman–Crippen MR) is 95.1 cm³/mol. The van der Waals surface area contributed by atoms with Gasteiger partial charge in [-0.25, -0.2) is 4.98 Å². The summed E-state index contributed by atoms with van der Waals surface area (Å²) in [6, 6.07) is 12.6.